The number of amides is 2. The highest BCUT2D eigenvalue weighted by Gasteiger charge is 2.29. The molecule has 0 radical (unpaired) electrons. The highest BCUT2D eigenvalue weighted by atomic mass is 32.2. The SMILES string of the molecule is O=C(Nc1ccc2nc(C3CC3)oc2c1)N1CCSCC1. The largest absolute Gasteiger partial charge is 0.440 e. The molecule has 4 rings (SSSR count). The van der Waals surface area contributed by atoms with Gasteiger partial charge in [-0.05, 0) is 25.0 Å². The van der Waals surface area contributed by atoms with E-state index in [9.17, 15) is 4.79 Å². The summed E-state index contributed by atoms with van der Waals surface area (Å²) in [6.07, 6.45) is 2.34. The average Bonchev–Trinajstić information content (AvgIpc) is 3.28. The van der Waals surface area contributed by atoms with Gasteiger partial charge in [-0.3, -0.25) is 0 Å². The van der Waals surface area contributed by atoms with Crippen molar-refractivity contribution in [3.63, 3.8) is 0 Å². The Balaban J connectivity index is 1.51. The lowest BCUT2D eigenvalue weighted by Crippen LogP contribution is -2.40. The van der Waals surface area contributed by atoms with Crippen molar-refractivity contribution in [2.45, 2.75) is 18.8 Å². The maximum Gasteiger partial charge on any atom is 0.321 e. The Morgan fingerprint density at radius 1 is 1.33 bits per heavy atom. The number of aromatic nitrogens is 1. The highest BCUT2D eigenvalue weighted by Crippen LogP contribution is 2.40. The molecule has 1 N–H and O–H groups in total. The fourth-order valence-electron chi connectivity index (χ4n) is 2.49. The van der Waals surface area contributed by atoms with Crippen LogP contribution in [-0.2, 0) is 0 Å². The Labute approximate surface area is 127 Å². The fourth-order valence-corrected chi connectivity index (χ4v) is 3.40. The molecule has 0 bridgehead atoms. The van der Waals surface area contributed by atoms with E-state index < -0.39 is 0 Å². The average molecular weight is 303 g/mol. The number of thioether (sulfide) groups is 1. The van der Waals surface area contributed by atoms with E-state index >= 15 is 0 Å². The van der Waals surface area contributed by atoms with Crippen LogP contribution in [0.25, 0.3) is 11.1 Å². The van der Waals surface area contributed by atoms with Gasteiger partial charge in [0.15, 0.2) is 11.5 Å². The van der Waals surface area contributed by atoms with Crippen molar-refractivity contribution < 1.29 is 9.21 Å². The molecule has 1 saturated heterocycles. The van der Waals surface area contributed by atoms with Gasteiger partial charge in [0.05, 0.1) is 0 Å². The zero-order chi connectivity index (χ0) is 14.2. The molecule has 1 saturated carbocycles. The van der Waals surface area contributed by atoms with Gasteiger partial charge in [0.2, 0.25) is 0 Å². The molecule has 1 aromatic carbocycles. The minimum atomic E-state index is -0.0309. The number of carbonyl (C=O) groups excluding carboxylic acids is 1. The minimum absolute atomic E-state index is 0.0309. The monoisotopic (exact) mass is 303 g/mol. The Morgan fingerprint density at radius 2 is 2.14 bits per heavy atom. The van der Waals surface area contributed by atoms with Crippen LogP contribution in [-0.4, -0.2) is 40.5 Å². The van der Waals surface area contributed by atoms with E-state index in [2.05, 4.69) is 10.3 Å². The summed E-state index contributed by atoms with van der Waals surface area (Å²) in [5.74, 6) is 3.36. The maximum absolute atomic E-state index is 12.2. The van der Waals surface area contributed by atoms with Gasteiger partial charge in [0, 0.05) is 42.3 Å². The summed E-state index contributed by atoms with van der Waals surface area (Å²) in [6, 6.07) is 5.63. The lowest BCUT2D eigenvalue weighted by Gasteiger charge is -2.26. The van der Waals surface area contributed by atoms with Crippen molar-refractivity contribution in [3.05, 3.63) is 24.1 Å². The number of urea groups is 1. The number of nitrogens with one attached hydrogen (secondary N) is 1. The first-order chi connectivity index (χ1) is 10.3. The Morgan fingerprint density at radius 3 is 2.90 bits per heavy atom. The van der Waals surface area contributed by atoms with E-state index in [0.29, 0.717) is 5.92 Å². The summed E-state index contributed by atoms with van der Waals surface area (Å²) < 4.78 is 5.78. The quantitative estimate of drug-likeness (QED) is 0.925. The number of rotatable bonds is 2. The van der Waals surface area contributed by atoms with Gasteiger partial charge >= 0.3 is 6.03 Å². The molecule has 2 heterocycles. The van der Waals surface area contributed by atoms with Crippen molar-refractivity contribution in [2.24, 2.45) is 0 Å². The van der Waals surface area contributed by atoms with Crippen LogP contribution in [0.2, 0.25) is 0 Å². The molecule has 1 aliphatic heterocycles. The van der Waals surface area contributed by atoms with Crippen molar-refractivity contribution in [1.29, 1.82) is 0 Å². The zero-order valence-electron chi connectivity index (χ0n) is 11.7. The number of anilines is 1. The molecule has 0 spiro atoms. The van der Waals surface area contributed by atoms with Crippen molar-refractivity contribution >= 4 is 34.6 Å². The fraction of sp³-hybridized carbons (Fsp3) is 0.467. The first kappa shape index (κ1) is 13.0. The van der Waals surface area contributed by atoms with Crippen LogP contribution in [0.1, 0.15) is 24.7 Å². The Kier molecular flexibility index (Phi) is 3.25. The van der Waals surface area contributed by atoms with Crippen LogP contribution >= 0.6 is 11.8 Å². The van der Waals surface area contributed by atoms with Gasteiger partial charge in [-0.15, -0.1) is 0 Å². The summed E-state index contributed by atoms with van der Waals surface area (Å²) in [6.45, 7) is 1.62. The topological polar surface area (TPSA) is 58.4 Å². The number of nitrogens with zero attached hydrogens (tertiary/aromatic N) is 2. The first-order valence-electron chi connectivity index (χ1n) is 7.34. The molecule has 1 aliphatic carbocycles. The van der Waals surface area contributed by atoms with E-state index in [4.69, 9.17) is 4.42 Å². The third kappa shape index (κ3) is 2.72. The van der Waals surface area contributed by atoms with E-state index in [1.165, 1.54) is 12.8 Å². The van der Waals surface area contributed by atoms with Gasteiger partial charge in [-0.1, -0.05) is 0 Å². The van der Waals surface area contributed by atoms with E-state index in [0.717, 1.165) is 47.3 Å². The second-order valence-corrected chi connectivity index (χ2v) is 6.76. The molecule has 2 amide bonds. The molecular formula is C15H17N3O2S. The van der Waals surface area contributed by atoms with Gasteiger partial charge < -0.3 is 14.6 Å². The summed E-state index contributed by atoms with van der Waals surface area (Å²) in [4.78, 5) is 18.5. The number of benzene rings is 1. The molecule has 0 unspecified atom stereocenters. The molecule has 2 aromatic rings. The molecule has 2 fully saturated rings. The van der Waals surface area contributed by atoms with Crippen LogP contribution in [0, 0.1) is 0 Å². The van der Waals surface area contributed by atoms with Crippen LogP contribution in [0.4, 0.5) is 10.5 Å². The molecule has 0 atom stereocenters. The van der Waals surface area contributed by atoms with Crippen LogP contribution in [0.15, 0.2) is 22.6 Å². The molecule has 1 aromatic heterocycles. The molecule has 6 heteroatoms. The second-order valence-electron chi connectivity index (χ2n) is 5.54. The standard InChI is InChI=1S/C15H17N3O2S/c19-15(18-5-7-21-8-6-18)16-11-3-4-12-13(9-11)20-14(17-12)10-1-2-10/h3-4,9-10H,1-2,5-8H2,(H,16,19). The third-order valence-corrected chi connectivity index (χ3v) is 4.82. The van der Waals surface area contributed by atoms with Gasteiger partial charge in [0.1, 0.15) is 5.52 Å². The van der Waals surface area contributed by atoms with Gasteiger partial charge in [0.25, 0.3) is 0 Å². The normalized spacial score (nSPS) is 19.0. The lowest BCUT2D eigenvalue weighted by atomic mass is 10.3. The summed E-state index contributed by atoms with van der Waals surface area (Å²) in [5, 5.41) is 2.95. The van der Waals surface area contributed by atoms with Crippen LogP contribution < -0.4 is 5.32 Å². The Hall–Kier alpha value is -1.69. The smallest absolute Gasteiger partial charge is 0.321 e. The maximum atomic E-state index is 12.2. The molecular weight excluding hydrogens is 286 g/mol. The number of hydrogen-bond acceptors (Lipinski definition) is 4. The second kappa shape index (κ2) is 5.26. The summed E-state index contributed by atoms with van der Waals surface area (Å²) in [5.41, 5.74) is 2.39. The highest BCUT2D eigenvalue weighted by molar-refractivity contribution is 7.99. The van der Waals surface area contributed by atoms with E-state index in [-0.39, 0.29) is 6.03 Å². The van der Waals surface area contributed by atoms with E-state index in [1.54, 1.807) is 0 Å². The summed E-state index contributed by atoms with van der Waals surface area (Å²) in [7, 11) is 0. The van der Waals surface area contributed by atoms with Crippen LogP contribution in [0.3, 0.4) is 0 Å². The number of hydrogen-bond donors (Lipinski definition) is 1. The minimum Gasteiger partial charge on any atom is -0.440 e. The molecule has 21 heavy (non-hydrogen) atoms. The summed E-state index contributed by atoms with van der Waals surface area (Å²) >= 11 is 1.89. The van der Waals surface area contributed by atoms with Gasteiger partial charge in [-0.25, -0.2) is 9.78 Å². The zero-order valence-corrected chi connectivity index (χ0v) is 12.5. The van der Waals surface area contributed by atoms with Crippen LogP contribution in [0.5, 0.6) is 0 Å². The lowest BCUT2D eigenvalue weighted by molar-refractivity contribution is 0.217. The molecule has 2 aliphatic rings. The van der Waals surface area contributed by atoms with Crippen molar-refractivity contribution in [1.82, 2.24) is 9.88 Å². The number of carbonyl (C=O) groups is 1. The molecule has 110 valence electrons. The van der Waals surface area contributed by atoms with E-state index in [1.807, 2.05) is 34.9 Å². The third-order valence-electron chi connectivity index (χ3n) is 3.88. The predicted molar refractivity (Wildman–Crippen MR) is 83.9 cm³/mol. The van der Waals surface area contributed by atoms with Crippen molar-refractivity contribution in [3.8, 4) is 0 Å². The Bertz CT molecular complexity index is 675. The van der Waals surface area contributed by atoms with Crippen molar-refractivity contribution in [2.75, 3.05) is 29.9 Å². The van der Waals surface area contributed by atoms with Gasteiger partial charge in [-0.2, -0.15) is 11.8 Å². The first-order valence-corrected chi connectivity index (χ1v) is 8.49. The number of fused-ring (bicyclic) bond motifs is 1. The predicted octanol–water partition coefficient (Wildman–Crippen LogP) is 3.29. The molecule has 5 nitrogen and oxygen atoms in total. The number of oxazole rings is 1.